The molecule has 7 nitrogen and oxygen atoms in total. The number of carbonyl (C=O) groups is 2. The largest absolute Gasteiger partial charge is 0.394 e. The third-order valence-corrected chi connectivity index (χ3v) is 5.30. The lowest BCUT2D eigenvalue weighted by Gasteiger charge is -2.35. The second-order valence-corrected chi connectivity index (χ2v) is 7.79. The molecule has 0 unspecified atom stereocenters. The van der Waals surface area contributed by atoms with Crippen LogP contribution >= 0.6 is 11.6 Å². The van der Waals surface area contributed by atoms with E-state index in [0.29, 0.717) is 24.4 Å². The van der Waals surface area contributed by atoms with E-state index in [4.69, 9.17) is 16.3 Å². The Morgan fingerprint density at radius 1 is 1.13 bits per heavy atom. The number of benzene rings is 2. The first-order valence-corrected chi connectivity index (χ1v) is 10.4. The summed E-state index contributed by atoms with van der Waals surface area (Å²) < 4.78 is 19.5. The molecule has 3 amide bonds. The van der Waals surface area contributed by atoms with Gasteiger partial charge in [-0.05, 0) is 42.7 Å². The Kier molecular flexibility index (Phi) is 8.22. The SMILES string of the molecule is O=C(C[C@H]1CC[C@@H](NC(=O)Nc2ccccc2F)[C@H](CO)O1)NCc1ccc(Cl)cc1. The average Bonchev–Trinajstić information content (AvgIpc) is 2.76. The van der Waals surface area contributed by atoms with E-state index < -0.39 is 24.0 Å². The molecule has 0 bridgehead atoms. The fourth-order valence-electron chi connectivity index (χ4n) is 3.42. The number of carbonyl (C=O) groups excluding carboxylic acids is 2. The number of rotatable bonds is 7. The lowest BCUT2D eigenvalue weighted by molar-refractivity contribution is -0.130. The zero-order valence-electron chi connectivity index (χ0n) is 16.8. The number of nitrogens with one attached hydrogen (secondary N) is 3. The van der Waals surface area contributed by atoms with Crippen molar-refractivity contribution >= 4 is 29.2 Å². The average molecular weight is 450 g/mol. The van der Waals surface area contributed by atoms with Crippen LogP contribution < -0.4 is 16.0 Å². The second kappa shape index (κ2) is 11.1. The van der Waals surface area contributed by atoms with Crippen molar-refractivity contribution in [2.45, 2.75) is 44.1 Å². The summed E-state index contributed by atoms with van der Waals surface area (Å²) in [4.78, 5) is 24.4. The summed E-state index contributed by atoms with van der Waals surface area (Å²) >= 11 is 5.85. The molecular formula is C22H25ClFN3O4. The maximum Gasteiger partial charge on any atom is 0.319 e. The number of para-hydroxylation sites is 1. The first kappa shape index (κ1) is 23.0. The molecule has 2 aromatic carbocycles. The van der Waals surface area contributed by atoms with Crippen molar-refractivity contribution in [2.24, 2.45) is 0 Å². The monoisotopic (exact) mass is 449 g/mol. The predicted octanol–water partition coefficient (Wildman–Crippen LogP) is 3.22. The summed E-state index contributed by atoms with van der Waals surface area (Å²) in [5.74, 6) is -0.707. The van der Waals surface area contributed by atoms with Gasteiger partial charge < -0.3 is 25.8 Å². The summed E-state index contributed by atoms with van der Waals surface area (Å²) in [5, 5.41) is 18.3. The van der Waals surface area contributed by atoms with Gasteiger partial charge in [-0.25, -0.2) is 9.18 Å². The number of amides is 3. The molecule has 166 valence electrons. The van der Waals surface area contributed by atoms with Crippen LogP contribution in [0.3, 0.4) is 0 Å². The van der Waals surface area contributed by atoms with Gasteiger partial charge in [0.15, 0.2) is 0 Å². The van der Waals surface area contributed by atoms with Crippen molar-refractivity contribution in [1.82, 2.24) is 10.6 Å². The van der Waals surface area contributed by atoms with E-state index in [1.807, 2.05) is 12.1 Å². The molecule has 3 atom stereocenters. The number of aliphatic hydroxyl groups excluding tert-OH is 1. The zero-order chi connectivity index (χ0) is 22.2. The van der Waals surface area contributed by atoms with Gasteiger partial charge in [-0.1, -0.05) is 35.9 Å². The molecule has 0 aromatic heterocycles. The van der Waals surface area contributed by atoms with Gasteiger partial charge in [0.05, 0.1) is 30.9 Å². The van der Waals surface area contributed by atoms with Gasteiger partial charge in [-0.2, -0.15) is 0 Å². The maximum atomic E-state index is 13.7. The number of aliphatic hydroxyl groups is 1. The first-order chi connectivity index (χ1) is 14.9. The van der Waals surface area contributed by atoms with Gasteiger partial charge in [-0.3, -0.25) is 4.79 Å². The van der Waals surface area contributed by atoms with Crippen molar-refractivity contribution in [3.63, 3.8) is 0 Å². The fourth-order valence-corrected chi connectivity index (χ4v) is 3.54. The highest BCUT2D eigenvalue weighted by Crippen LogP contribution is 2.22. The Morgan fingerprint density at radius 3 is 2.58 bits per heavy atom. The van der Waals surface area contributed by atoms with Gasteiger partial charge in [0.25, 0.3) is 0 Å². The van der Waals surface area contributed by atoms with Crippen LogP contribution in [0.15, 0.2) is 48.5 Å². The van der Waals surface area contributed by atoms with E-state index >= 15 is 0 Å². The predicted molar refractivity (Wildman–Crippen MR) is 115 cm³/mol. The molecule has 3 rings (SSSR count). The lowest BCUT2D eigenvalue weighted by Crippen LogP contribution is -2.52. The molecule has 2 aromatic rings. The van der Waals surface area contributed by atoms with Crippen LogP contribution in [-0.4, -0.2) is 41.9 Å². The van der Waals surface area contributed by atoms with Crippen molar-refractivity contribution in [3.8, 4) is 0 Å². The number of urea groups is 1. The summed E-state index contributed by atoms with van der Waals surface area (Å²) in [5.41, 5.74) is 0.994. The Morgan fingerprint density at radius 2 is 1.87 bits per heavy atom. The third-order valence-electron chi connectivity index (χ3n) is 5.05. The number of hydrogen-bond acceptors (Lipinski definition) is 4. The quantitative estimate of drug-likeness (QED) is 0.521. The normalized spacial score (nSPS) is 20.7. The Bertz CT molecular complexity index is 897. The molecule has 1 aliphatic rings. The Balaban J connectivity index is 1.45. The molecular weight excluding hydrogens is 425 g/mol. The lowest BCUT2D eigenvalue weighted by atomic mass is 9.97. The van der Waals surface area contributed by atoms with E-state index in [9.17, 15) is 19.1 Å². The molecule has 0 radical (unpaired) electrons. The smallest absolute Gasteiger partial charge is 0.319 e. The molecule has 1 saturated heterocycles. The van der Waals surface area contributed by atoms with Gasteiger partial charge >= 0.3 is 6.03 Å². The van der Waals surface area contributed by atoms with Crippen molar-refractivity contribution in [2.75, 3.05) is 11.9 Å². The molecule has 0 saturated carbocycles. The molecule has 0 spiro atoms. The minimum absolute atomic E-state index is 0.0625. The molecule has 1 fully saturated rings. The van der Waals surface area contributed by atoms with Crippen LogP contribution in [0.5, 0.6) is 0 Å². The highest BCUT2D eigenvalue weighted by Gasteiger charge is 2.33. The molecule has 0 aliphatic carbocycles. The maximum absolute atomic E-state index is 13.7. The summed E-state index contributed by atoms with van der Waals surface area (Å²) in [6.45, 7) is 0.0695. The van der Waals surface area contributed by atoms with Gasteiger partial charge in [0.1, 0.15) is 11.9 Å². The molecule has 1 heterocycles. The second-order valence-electron chi connectivity index (χ2n) is 7.35. The molecule has 9 heteroatoms. The summed E-state index contributed by atoms with van der Waals surface area (Å²) in [7, 11) is 0. The number of ether oxygens (including phenoxy) is 1. The fraction of sp³-hybridized carbons (Fsp3) is 0.364. The highest BCUT2D eigenvalue weighted by molar-refractivity contribution is 6.30. The van der Waals surface area contributed by atoms with Crippen LogP contribution in [0.1, 0.15) is 24.8 Å². The zero-order valence-corrected chi connectivity index (χ0v) is 17.6. The minimum Gasteiger partial charge on any atom is -0.394 e. The van der Waals surface area contributed by atoms with Gasteiger partial charge in [0, 0.05) is 11.6 Å². The number of halogens is 2. The van der Waals surface area contributed by atoms with Crippen molar-refractivity contribution in [1.29, 1.82) is 0 Å². The topological polar surface area (TPSA) is 99.7 Å². The third kappa shape index (κ3) is 6.92. The van der Waals surface area contributed by atoms with Gasteiger partial charge in [-0.15, -0.1) is 0 Å². The van der Waals surface area contributed by atoms with E-state index in [2.05, 4.69) is 16.0 Å². The van der Waals surface area contributed by atoms with E-state index in [-0.39, 0.29) is 30.7 Å². The van der Waals surface area contributed by atoms with Gasteiger partial charge in [0.2, 0.25) is 5.91 Å². The van der Waals surface area contributed by atoms with E-state index in [1.165, 1.54) is 18.2 Å². The Hall–Kier alpha value is -2.68. The highest BCUT2D eigenvalue weighted by atomic mass is 35.5. The molecule has 4 N–H and O–H groups in total. The first-order valence-electron chi connectivity index (χ1n) is 10.0. The van der Waals surface area contributed by atoms with Crippen LogP contribution in [0, 0.1) is 5.82 Å². The van der Waals surface area contributed by atoms with E-state index in [0.717, 1.165) is 5.56 Å². The molecule has 31 heavy (non-hydrogen) atoms. The number of hydrogen-bond donors (Lipinski definition) is 4. The van der Waals surface area contributed by atoms with Crippen molar-refractivity contribution < 1.29 is 23.8 Å². The van der Waals surface area contributed by atoms with Crippen LogP contribution in [0.2, 0.25) is 5.02 Å². The van der Waals surface area contributed by atoms with Crippen molar-refractivity contribution in [3.05, 3.63) is 64.9 Å². The minimum atomic E-state index is -0.658. The Labute approximate surface area is 184 Å². The number of anilines is 1. The van der Waals surface area contributed by atoms with Crippen LogP contribution in [-0.2, 0) is 16.1 Å². The summed E-state index contributed by atoms with van der Waals surface area (Å²) in [6, 6.07) is 12.0. The van der Waals surface area contributed by atoms with Crippen LogP contribution in [0.4, 0.5) is 14.9 Å². The van der Waals surface area contributed by atoms with E-state index in [1.54, 1.807) is 18.2 Å². The summed E-state index contributed by atoms with van der Waals surface area (Å²) in [6.07, 6.45) is 0.183. The van der Waals surface area contributed by atoms with Crippen LogP contribution in [0.25, 0.3) is 0 Å². The molecule has 1 aliphatic heterocycles. The standard InChI is InChI=1S/C22H25ClFN3O4/c23-15-7-5-14(6-8-15)12-25-21(29)11-16-9-10-19(20(13-28)31-16)27-22(30)26-18-4-2-1-3-17(18)24/h1-8,16,19-20,28H,9-13H2,(H,25,29)(H2,26,27,30)/t16-,19-,20+/m1/s1.